The van der Waals surface area contributed by atoms with Gasteiger partial charge in [-0.1, -0.05) is 0 Å². The van der Waals surface area contributed by atoms with Gasteiger partial charge in [-0.25, -0.2) is 9.40 Å². The van der Waals surface area contributed by atoms with E-state index in [1.54, 1.807) is 12.1 Å². The SMILES string of the molecule is CC(C)N(NC(=S)Nc1ccc(F)cc1)C(C)C. The summed E-state index contributed by atoms with van der Waals surface area (Å²) in [5.41, 5.74) is 3.90. The molecule has 0 aliphatic carbocycles. The lowest BCUT2D eigenvalue weighted by Crippen LogP contribution is -2.51. The first-order chi connectivity index (χ1) is 8.40. The zero-order valence-electron chi connectivity index (χ0n) is 11.2. The molecule has 1 rings (SSSR count). The molecule has 2 N–H and O–H groups in total. The number of halogens is 1. The Balaban J connectivity index is 2.58. The van der Waals surface area contributed by atoms with E-state index in [4.69, 9.17) is 12.2 Å². The third kappa shape index (κ3) is 4.58. The highest BCUT2D eigenvalue weighted by molar-refractivity contribution is 7.80. The molecular formula is C13H20FN3S. The van der Waals surface area contributed by atoms with Crippen molar-refractivity contribution in [2.45, 2.75) is 39.8 Å². The van der Waals surface area contributed by atoms with E-state index in [9.17, 15) is 4.39 Å². The summed E-state index contributed by atoms with van der Waals surface area (Å²) in [6, 6.07) is 6.76. The van der Waals surface area contributed by atoms with Crippen LogP contribution in [0.5, 0.6) is 0 Å². The number of hydrogen-bond acceptors (Lipinski definition) is 2. The Labute approximate surface area is 113 Å². The summed E-state index contributed by atoms with van der Waals surface area (Å²) in [4.78, 5) is 0. The lowest BCUT2D eigenvalue weighted by atomic mass is 10.3. The van der Waals surface area contributed by atoms with E-state index >= 15 is 0 Å². The first-order valence-electron chi connectivity index (χ1n) is 6.01. The number of thiocarbonyl (C=S) groups is 1. The first-order valence-corrected chi connectivity index (χ1v) is 6.42. The fourth-order valence-corrected chi connectivity index (χ4v) is 1.89. The monoisotopic (exact) mass is 269 g/mol. The van der Waals surface area contributed by atoms with Crippen LogP contribution in [0, 0.1) is 5.82 Å². The molecule has 0 aromatic heterocycles. The lowest BCUT2D eigenvalue weighted by molar-refractivity contribution is 0.141. The molecule has 18 heavy (non-hydrogen) atoms. The Morgan fingerprint density at radius 2 is 1.61 bits per heavy atom. The van der Waals surface area contributed by atoms with Crippen LogP contribution in [0.1, 0.15) is 27.7 Å². The van der Waals surface area contributed by atoms with Crippen LogP contribution in [-0.2, 0) is 0 Å². The van der Waals surface area contributed by atoms with Crippen LogP contribution < -0.4 is 10.7 Å². The number of rotatable bonds is 4. The van der Waals surface area contributed by atoms with Crippen LogP contribution >= 0.6 is 12.2 Å². The minimum atomic E-state index is -0.259. The summed E-state index contributed by atoms with van der Waals surface area (Å²) in [5, 5.41) is 5.58. The smallest absolute Gasteiger partial charge is 0.185 e. The van der Waals surface area contributed by atoms with Crippen molar-refractivity contribution in [2.75, 3.05) is 5.32 Å². The number of hydrazine groups is 1. The Morgan fingerprint density at radius 3 is 2.06 bits per heavy atom. The number of benzene rings is 1. The van der Waals surface area contributed by atoms with Gasteiger partial charge in [0, 0.05) is 17.8 Å². The van der Waals surface area contributed by atoms with Gasteiger partial charge in [0.25, 0.3) is 0 Å². The van der Waals surface area contributed by atoms with Crippen LogP contribution in [0.25, 0.3) is 0 Å². The van der Waals surface area contributed by atoms with Crippen LogP contribution in [-0.4, -0.2) is 22.2 Å². The molecule has 0 aliphatic rings. The first kappa shape index (κ1) is 14.9. The fraction of sp³-hybridized carbons (Fsp3) is 0.462. The van der Waals surface area contributed by atoms with Crippen molar-refractivity contribution in [1.29, 1.82) is 0 Å². The zero-order chi connectivity index (χ0) is 13.7. The summed E-state index contributed by atoms with van der Waals surface area (Å²) in [5.74, 6) is -0.259. The van der Waals surface area contributed by atoms with Gasteiger partial charge in [0.05, 0.1) is 0 Å². The molecule has 3 nitrogen and oxygen atoms in total. The van der Waals surface area contributed by atoms with Gasteiger partial charge < -0.3 is 5.32 Å². The molecule has 0 unspecified atom stereocenters. The normalized spacial score (nSPS) is 11.1. The number of nitrogens with one attached hydrogen (secondary N) is 2. The maximum Gasteiger partial charge on any atom is 0.185 e. The van der Waals surface area contributed by atoms with Crippen LogP contribution in [0.15, 0.2) is 24.3 Å². The summed E-state index contributed by atoms with van der Waals surface area (Å²) in [7, 11) is 0. The Kier molecular flexibility index (Phi) is 5.50. The molecule has 1 aromatic carbocycles. The second kappa shape index (κ2) is 6.66. The standard InChI is InChI=1S/C13H20FN3S/c1-9(2)17(10(3)4)16-13(18)15-12-7-5-11(14)6-8-12/h5-10H,1-4H3,(H2,15,16,18). The third-order valence-corrected chi connectivity index (χ3v) is 2.64. The van der Waals surface area contributed by atoms with Crippen molar-refractivity contribution in [3.63, 3.8) is 0 Å². The van der Waals surface area contributed by atoms with Crippen LogP contribution in [0.3, 0.4) is 0 Å². The van der Waals surface area contributed by atoms with Gasteiger partial charge in [0.15, 0.2) is 5.11 Å². The summed E-state index contributed by atoms with van der Waals surface area (Å²) in [6.45, 7) is 8.36. The maximum absolute atomic E-state index is 12.8. The Morgan fingerprint density at radius 1 is 1.11 bits per heavy atom. The van der Waals surface area contributed by atoms with Gasteiger partial charge in [-0.05, 0) is 64.2 Å². The largest absolute Gasteiger partial charge is 0.332 e. The summed E-state index contributed by atoms with van der Waals surface area (Å²) < 4.78 is 12.8. The molecule has 5 heteroatoms. The van der Waals surface area contributed by atoms with E-state index in [0.717, 1.165) is 5.69 Å². The fourth-order valence-electron chi connectivity index (χ4n) is 1.66. The summed E-state index contributed by atoms with van der Waals surface area (Å²) in [6.07, 6.45) is 0. The van der Waals surface area contributed by atoms with E-state index < -0.39 is 0 Å². The topological polar surface area (TPSA) is 27.3 Å². The predicted octanol–water partition coefficient (Wildman–Crippen LogP) is 3.15. The molecule has 1 aromatic rings. The molecule has 0 aliphatic heterocycles. The zero-order valence-corrected chi connectivity index (χ0v) is 12.0. The highest BCUT2D eigenvalue weighted by Crippen LogP contribution is 2.08. The highest BCUT2D eigenvalue weighted by atomic mass is 32.1. The van der Waals surface area contributed by atoms with Crippen molar-refractivity contribution in [3.05, 3.63) is 30.1 Å². The Hall–Kier alpha value is -1.20. The van der Waals surface area contributed by atoms with Crippen LogP contribution in [0.4, 0.5) is 10.1 Å². The van der Waals surface area contributed by atoms with E-state index in [-0.39, 0.29) is 5.82 Å². The predicted molar refractivity (Wildman–Crippen MR) is 77.9 cm³/mol. The molecule has 0 heterocycles. The molecule has 0 fully saturated rings. The molecule has 0 bridgehead atoms. The van der Waals surface area contributed by atoms with Gasteiger partial charge in [0.1, 0.15) is 5.82 Å². The van der Waals surface area contributed by atoms with E-state index in [1.165, 1.54) is 12.1 Å². The number of hydrogen-bond donors (Lipinski definition) is 2. The van der Waals surface area contributed by atoms with Crippen molar-refractivity contribution in [1.82, 2.24) is 10.4 Å². The van der Waals surface area contributed by atoms with Gasteiger partial charge in [-0.2, -0.15) is 0 Å². The maximum atomic E-state index is 12.8. The van der Waals surface area contributed by atoms with Gasteiger partial charge in [-0.15, -0.1) is 0 Å². The second-order valence-electron chi connectivity index (χ2n) is 4.67. The quantitative estimate of drug-likeness (QED) is 0.648. The molecule has 100 valence electrons. The van der Waals surface area contributed by atoms with Crippen molar-refractivity contribution in [2.24, 2.45) is 0 Å². The van der Waals surface area contributed by atoms with Crippen molar-refractivity contribution >= 4 is 23.0 Å². The average molecular weight is 269 g/mol. The number of anilines is 1. The van der Waals surface area contributed by atoms with E-state index in [2.05, 4.69) is 43.4 Å². The minimum Gasteiger partial charge on any atom is -0.332 e. The molecule has 0 spiro atoms. The van der Waals surface area contributed by atoms with E-state index in [0.29, 0.717) is 17.2 Å². The highest BCUT2D eigenvalue weighted by Gasteiger charge is 2.14. The molecular weight excluding hydrogens is 249 g/mol. The van der Waals surface area contributed by atoms with Gasteiger partial charge in [0.2, 0.25) is 0 Å². The molecule has 0 atom stereocenters. The molecule has 0 saturated heterocycles. The molecule has 0 radical (unpaired) electrons. The second-order valence-corrected chi connectivity index (χ2v) is 5.08. The Bertz CT molecular complexity index is 382. The lowest BCUT2D eigenvalue weighted by Gasteiger charge is -2.31. The molecule has 0 saturated carbocycles. The number of nitrogens with zero attached hydrogens (tertiary/aromatic N) is 1. The third-order valence-electron chi connectivity index (χ3n) is 2.45. The minimum absolute atomic E-state index is 0.259. The van der Waals surface area contributed by atoms with Crippen LogP contribution in [0.2, 0.25) is 0 Å². The van der Waals surface area contributed by atoms with Crippen molar-refractivity contribution < 1.29 is 4.39 Å². The van der Waals surface area contributed by atoms with Gasteiger partial charge >= 0.3 is 0 Å². The van der Waals surface area contributed by atoms with Gasteiger partial charge in [-0.3, -0.25) is 5.43 Å². The van der Waals surface area contributed by atoms with Crippen molar-refractivity contribution in [3.8, 4) is 0 Å². The molecule has 0 amide bonds. The average Bonchev–Trinajstić information content (AvgIpc) is 2.28. The summed E-state index contributed by atoms with van der Waals surface area (Å²) >= 11 is 5.23. The van der Waals surface area contributed by atoms with E-state index in [1.807, 2.05) is 0 Å².